The van der Waals surface area contributed by atoms with Crippen LogP contribution in [0.4, 0.5) is 11.4 Å². The fourth-order valence-corrected chi connectivity index (χ4v) is 4.49. The van der Waals surface area contributed by atoms with E-state index in [0.717, 1.165) is 5.69 Å². The van der Waals surface area contributed by atoms with E-state index in [-0.39, 0.29) is 16.6 Å². The number of aryl methyl sites for hydroxylation is 2. The van der Waals surface area contributed by atoms with Gasteiger partial charge in [0.15, 0.2) is 10.7 Å². The summed E-state index contributed by atoms with van der Waals surface area (Å²) < 4.78 is 32.8. The molecule has 1 N–H and O–H groups in total. The highest BCUT2D eigenvalue weighted by Crippen LogP contribution is 2.25. The predicted molar refractivity (Wildman–Crippen MR) is 97.7 cm³/mol. The van der Waals surface area contributed by atoms with Gasteiger partial charge in [0.1, 0.15) is 5.69 Å². The van der Waals surface area contributed by atoms with E-state index < -0.39 is 10.0 Å². The molecule has 1 fully saturated rings. The van der Waals surface area contributed by atoms with Crippen LogP contribution in [0.1, 0.15) is 18.4 Å². The number of amides is 1. The van der Waals surface area contributed by atoms with E-state index in [2.05, 4.69) is 14.8 Å². The first-order valence-corrected chi connectivity index (χ1v) is 9.82. The van der Waals surface area contributed by atoms with Crippen LogP contribution in [0.25, 0.3) is 0 Å². The topological polar surface area (TPSA) is 95.8 Å². The lowest BCUT2D eigenvalue weighted by atomic mass is 10.2. The highest BCUT2D eigenvalue weighted by molar-refractivity contribution is 7.92. The van der Waals surface area contributed by atoms with Crippen molar-refractivity contribution in [3.63, 3.8) is 0 Å². The number of sulfonamides is 1. The summed E-state index contributed by atoms with van der Waals surface area (Å²) in [5, 5.41) is 3.70. The Morgan fingerprint density at radius 2 is 1.88 bits per heavy atom. The molecule has 0 saturated carbocycles. The van der Waals surface area contributed by atoms with E-state index in [0.29, 0.717) is 37.6 Å². The van der Waals surface area contributed by atoms with Crippen molar-refractivity contribution in [2.75, 3.05) is 35.8 Å². The van der Waals surface area contributed by atoms with Gasteiger partial charge in [-0.15, -0.1) is 0 Å². The van der Waals surface area contributed by atoms with Crippen LogP contribution >= 0.6 is 0 Å². The number of anilines is 2. The van der Waals surface area contributed by atoms with Gasteiger partial charge in [-0.25, -0.2) is 8.42 Å². The standard InChI is InChI=1S/C17H22N4O4S/c1-12-17(13(2)25-18-12)26(23,24)19-15-5-4-6-16(11-15)21-9-7-20(8-10-21)14(3)22/h4-6,11,19H,7-10H2,1-3H3. The van der Waals surface area contributed by atoms with Gasteiger partial charge in [-0.3, -0.25) is 9.52 Å². The Balaban J connectivity index is 1.77. The summed E-state index contributed by atoms with van der Waals surface area (Å²) in [7, 11) is -3.78. The average molecular weight is 378 g/mol. The molecule has 2 heterocycles. The minimum absolute atomic E-state index is 0.0676. The lowest BCUT2D eigenvalue weighted by molar-refractivity contribution is -0.129. The molecule has 3 rings (SSSR count). The molecule has 1 aliphatic heterocycles. The van der Waals surface area contributed by atoms with Crippen LogP contribution in [0, 0.1) is 13.8 Å². The maximum absolute atomic E-state index is 12.6. The molecule has 0 unspecified atom stereocenters. The number of hydrogen-bond donors (Lipinski definition) is 1. The van der Waals surface area contributed by atoms with Crippen molar-refractivity contribution >= 4 is 27.3 Å². The third-order valence-electron chi connectivity index (χ3n) is 4.43. The largest absolute Gasteiger partial charge is 0.368 e. The number of benzene rings is 1. The van der Waals surface area contributed by atoms with E-state index in [9.17, 15) is 13.2 Å². The molecule has 140 valence electrons. The monoisotopic (exact) mass is 378 g/mol. The maximum Gasteiger partial charge on any atom is 0.267 e. The van der Waals surface area contributed by atoms with Crippen molar-refractivity contribution in [3.05, 3.63) is 35.7 Å². The molecule has 0 spiro atoms. The summed E-state index contributed by atoms with van der Waals surface area (Å²) in [6, 6.07) is 7.22. The lowest BCUT2D eigenvalue weighted by Gasteiger charge is -2.35. The van der Waals surface area contributed by atoms with Gasteiger partial charge in [0, 0.05) is 38.8 Å². The first kappa shape index (κ1) is 18.2. The molecule has 9 heteroatoms. The Kier molecular flexibility index (Phi) is 4.90. The van der Waals surface area contributed by atoms with Crippen molar-refractivity contribution < 1.29 is 17.7 Å². The van der Waals surface area contributed by atoms with E-state index in [1.54, 1.807) is 43.9 Å². The highest BCUT2D eigenvalue weighted by atomic mass is 32.2. The fraction of sp³-hybridized carbons (Fsp3) is 0.412. The van der Waals surface area contributed by atoms with Crippen LogP contribution in [-0.2, 0) is 14.8 Å². The molecule has 1 aromatic carbocycles. The molecule has 0 radical (unpaired) electrons. The Labute approximate surface area is 152 Å². The van der Waals surface area contributed by atoms with Gasteiger partial charge in [-0.2, -0.15) is 0 Å². The van der Waals surface area contributed by atoms with Gasteiger partial charge in [-0.1, -0.05) is 11.2 Å². The zero-order chi connectivity index (χ0) is 18.9. The zero-order valence-electron chi connectivity index (χ0n) is 15.0. The molecule has 1 saturated heterocycles. The Morgan fingerprint density at radius 1 is 1.19 bits per heavy atom. The lowest BCUT2D eigenvalue weighted by Crippen LogP contribution is -2.48. The first-order chi connectivity index (χ1) is 12.3. The number of piperazine rings is 1. The van der Waals surface area contributed by atoms with Crippen molar-refractivity contribution in [3.8, 4) is 0 Å². The quantitative estimate of drug-likeness (QED) is 0.871. The van der Waals surface area contributed by atoms with E-state index in [1.165, 1.54) is 0 Å². The van der Waals surface area contributed by atoms with Crippen molar-refractivity contribution in [2.24, 2.45) is 0 Å². The van der Waals surface area contributed by atoms with Crippen molar-refractivity contribution in [1.29, 1.82) is 0 Å². The van der Waals surface area contributed by atoms with Crippen LogP contribution in [0.2, 0.25) is 0 Å². The summed E-state index contributed by atoms with van der Waals surface area (Å²) in [4.78, 5) is 15.4. The second-order valence-electron chi connectivity index (χ2n) is 6.30. The number of hydrogen-bond acceptors (Lipinski definition) is 6. The van der Waals surface area contributed by atoms with Crippen LogP contribution in [0.5, 0.6) is 0 Å². The normalized spacial score (nSPS) is 15.2. The maximum atomic E-state index is 12.6. The molecular weight excluding hydrogens is 356 g/mol. The van der Waals surface area contributed by atoms with Crippen LogP contribution in [0.3, 0.4) is 0 Å². The smallest absolute Gasteiger partial charge is 0.267 e. The molecule has 8 nitrogen and oxygen atoms in total. The van der Waals surface area contributed by atoms with Crippen molar-refractivity contribution in [2.45, 2.75) is 25.7 Å². The Bertz CT molecular complexity index is 895. The predicted octanol–water partition coefficient (Wildman–Crippen LogP) is 1.76. The van der Waals surface area contributed by atoms with Crippen LogP contribution in [-0.4, -0.2) is 50.6 Å². The Hall–Kier alpha value is -2.55. The first-order valence-electron chi connectivity index (χ1n) is 8.34. The zero-order valence-corrected chi connectivity index (χ0v) is 15.8. The number of carbonyl (C=O) groups excluding carboxylic acids is 1. The third-order valence-corrected chi connectivity index (χ3v) is 6.05. The molecule has 1 aliphatic rings. The van der Waals surface area contributed by atoms with E-state index >= 15 is 0 Å². The highest BCUT2D eigenvalue weighted by Gasteiger charge is 2.25. The molecule has 0 atom stereocenters. The molecule has 1 amide bonds. The minimum atomic E-state index is -3.78. The van der Waals surface area contributed by atoms with Gasteiger partial charge < -0.3 is 14.3 Å². The Morgan fingerprint density at radius 3 is 2.46 bits per heavy atom. The van der Waals surface area contributed by atoms with Gasteiger partial charge in [-0.05, 0) is 32.0 Å². The number of carbonyl (C=O) groups is 1. The third kappa shape index (κ3) is 3.67. The van der Waals surface area contributed by atoms with Crippen LogP contribution < -0.4 is 9.62 Å². The number of nitrogens with one attached hydrogen (secondary N) is 1. The van der Waals surface area contributed by atoms with E-state index in [4.69, 9.17) is 4.52 Å². The van der Waals surface area contributed by atoms with Gasteiger partial charge in [0.25, 0.3) is 10.0 Å². The molecule has 26 heavy (non-hydrogen) atoms. The fourth-order valence-electron chi connectivity index (χ4n) is 3.11. The summed E-state index contributed by atoms with van der Waals surface area (Å²) in [5.74, 6) is 0.331. The van der Waals surface area contributed by atoms with E-state index in [1.807, 2.05) is 6.07 Å². The second-order valence-corrected chi connectivity index (χ2v) is 7.92. The molecule has 1 aromatic heterocycles. The number of aromatic nitrogens is 1. The van der Waals surface area contributed by atoms with Gasteiger partial charge in [0.05, 0.1) is 5.69 Å². The summed E-state index contributed by atoms with van der Waals surface area (Å²) >= 11 is 0. The van der Waals surface area contributed by atoms with Gasteiger partial charge in [0.2, 0.25) is 5.91 Å². The number of nitrogens with zero attached hydrogens (tertiary/aromatic N) is 3. The molecular formula is C17H22N4O4S. The van der Waals surface area contributed by atoms with Gasteiger partial charge >= 0.3 is 0 Å². The molecule has 2 aromatic rings. The minimum Gasteiger partial charge on any atom is -0.368 e. The summed E-state index contributed by atoms with van der Waals surface area (Å²) in [6.45, 7) is 7.46. The van der Waals surface area contributed by atoms with Crippen LogP contribution in [0.15, 0.2) is 33.7 Å². The summed E-state index contributed by atoms with van der Waals surface area (Å²) in [6.07, 6.45) is 0. The summed E-state index contributed by atoms with van der Waals surface area (Å²) in [5.41, 5.74) is 1.70. The molecule has 0 aliphatic carbocycles. The molecule has 0 bridgehead atoms. The SMILES string of the molecule is CC(=O)N1CCN(c2cccc(NS(=O)(=O)c3c(C)noc3C)c2)CC1. The number of rotatable bonds is 4. The van der Waals surface area contributed by atoms with Crippen molar-refractivity contribution in [1.82, 2.24) is 10.1 Å². The second kappa shape index (κ2) is 6.99. The average Bonchev–Trinajstić information content (AvgIpc) is 2.94.